The first-order chi connectivity index (χ1) is 17.5. The van der Waals surface area contributed by atoms with Crippen molar-refractivity contribution in [2.75, 3.05) is 23.7 Å². The van der Waals surface area contributed by atoms with Crippen LogP contribution in [0.15, 0.2) is 71.5 Å². The number of halogens is 3. The van der Waals surface area contributed by atoms with Gasteiger partial charge in [-0.15, -0.1) is 24.8 Å². The molecule has 1 aliphatic heterocycles. The van der Waals surface area contributed by atoms with Gasteiger partial charge in [0, 0.05) is 35.9 Å². The van der Waals surface area contributed by atoms with Gasteiger partial charge in [0.15, 0.2) is 0 Å². The van der Waals surface area contributed by atoms with E-state index in [0.29, 0.717) is 27.5 Å². The predicted octanol–water partition coefficient (Wildman–Crippen LogP) is 6.38. The van der Waals surface area contributed by atoms with Gasteiger partial charge in [-0.3, -0.25) is 19.5 Å². The fourth-order valence-corrected chi connectivity index (χ4v) is 4.67. The number of para-hydroxylation sites is 1. The molecule has 0 saturated carbocycles. The van der Waals surface area contributed by atoms with Crippen LogP contribution < -0.4 is 10.6 Å². The second kappa shape index (κ2) is 13.1. The van der Waals surface area contributed by atoms with Crippen LogP contribution in [0.3, 0.4) is 0 Å². The number of nitrogens with one attached hydrogen (secondary N) is 2. The van der Waals surface area contributed by atoms with E-state index in [1.54, 1.807) is 24.4 Å². The monoisotopic (exact) mass is 575 g/mol. The number of benzene rings is 1. The summed E-state index contributed by atoms with van der Waals surface area (Å²) in [6.45, 7) is 3.77. The number of hydrogen-bond donors (Lipinski definition) is 2. The third-order valence-electron chi connectivity index (χ3n) is 6.63. The number of anilines is 2. The Morgan fingerprint density at radius 2 is 1.79 bits per heavy atom. The summed E-state index contributed by atoms with van der Waals surface area (Å²) in [6, 6.07) is 14.7. The molecule has 1 unspecified atom stereocenters. The van der Waals surface area contributed by atoms with Crippen LogP contribution in [0, 0.1) is 5.92 Å². The zero-order valence-electron chi connectivity index (χ0n) is 20.6. The molecule has 11 heteroatoms. The second-order valence-electron chi connectivity index (χ2n) is 8.88. The smallest absolute Gasteiger partial charge is 0.294 e. The fraction of sp³-hybridized carbons (Fsp3) is 0.259. The molecule has 5 rings (SSSR count). The second-order valence-corrected chi connectivity index (χ2v) is 9.32. The van der Waals surface area contributed by atoms with Crippen molar-refractivity contribution in [2.24, 2.45) is 5.92 Å². The van der Waals surface area contributed by atoms with Crippen LogP contribution in [-0.4, -0.2) is 39.8 Å². The van der Waals surface area contributed by atoms with E-state index >= 15 is 0 Å². The molecule has 1 aliphatic rings. The number of hydrogen-bond acceptors (Lipinski definition) is 6. The summed E-state index contributed by atoms with van der Waals surface area (Å²) in [5.41, 5.74) is 2.05. The minimum atomic E-state index is -0.503. The number of carbonyl (C=O) groups excluding carboxylic acids is 2. The lowest BCUT2D eigenvalue weighted by atomic mass is 9.94. The number of nitrogens with zero attached hydrogens (tertiary/aromatic N) is 3. The Bertz CT molecular complexity index is 1370. The number of carbonyl (C=O) groups is 2. The summed E-state index contributed by atoms with van der Waals surface area (Å²) in [7, 11) is 0. The molecule has 38 heavy (non-hydrogen) atoms. The summed E-state index contributed by atoms with van der Waals surface area (Å²) in [6.07, 6.45) is 6.55. The molecule has 0 radical (unpaired) electrons. The number of pyridine rings is 2. The van der Waals surface area contributed by atoms with E-state index in [2.05, 4.69) is 38.5 Å². The third-order valence-corrected chi connectivity index (χ3v) is 6.86. The Labute approximate surface area is 238 Å². The number of fused-ring (bicyclic) bond motifs is 1. The average molecular weight is 577 g/mol. The maximum atomic E-state index is 13.3. The highest BCUT2D eigenvalue weighted by Crippen LogP contribution is 2.33. The Morgan fingerprint density at radius 1 is 1.03 bits per heavy atom. The van der Waals surface area contributed by atoms with Crippen LogP contribution >= 0.6 is 36.4 Å². The topological polar surface area (TPSA) is 100 Å². The van der Waals surface area contributed by atoms with Crippen molar-refractivity contribution in [1.82, 2.24) is 14.9 Å². The van der Waals surface area contributed by atoms with Crippen LogP contribution in [0.5, 0.6) is 0 Å². The van der Waals surface area contributed by atoms with Gasteiger partial charge < -0.3 is 15.1 Å². The Morgan fingerprint density at radius 3 is 2.47 bits per heavy atom. The number of rotatable bonds is 6. The lowest BCUT2D eigenvalue weighted by Gasteiger charge is -2.35. The molecule has 0 spiro atoms. The number of furan rings is 1. The molecule has 1 atom stereocenters. The van der Waals surface area contributed by atoms with E-state index in [1.807, 2.05) is 30.5 Å². The normalized spacial score (nSPS) is 14.7. The number of aromatic nitrogens is 2. The first kappa shape index (κ1) is 29.4. The summed E-state index contributed by atoms with van der Waals surface area (Å²) in [5.74, 6) is -0.420. The lowest BCUT2D eigenvalue weighted by molar-refractivity contribution is -0.121. The van der Waals surface area contributed by atoms with E-state index in [0.717, 1.165) is 31.5 Å². The van der Waals surface area contributed by atoms with Crippen molar-refractivity contribution in [1.29, 1.82) is 0 Å². The van der Waals surface area contributed by atoms with E-state index in [1.165, 1.54) is 6.20 Å². The highest BCUT2D eigenvalue weighted by atomic mass is 35.5. The molecule has 0 aliphatic carbocycles. The average Bonchev–Trinajstić information content (AvgIpc) is 3.28. The van der Waals surface area contributed by atoms with Crippen LogP contribution in [0.25, 0.3) is 11.0 Å². The van der Waals surface area contributed by atoms with Crippen LogP contribution in [-0.2, 0) is 4.79 Å². The molecule has 1 aromatic carbocycles. The molecule has 200 valence electrons. The quantitative estimate of drug-likeness (QED) is 0.276. The van der Waals surface area contributed by atoms with Crippen molar-refractivity contribution in [3.05, 3.63) is 83.5 Å². The van der Waals surface area contributed by atoms with Crippen molar-refractivity contribution < 1.29 is 14.0 Å². The largest absolute Gasteiger partial charge is 0.449 e. The van der Waals surface area contributed by atoms with Gasteiger partial charge in [0.2, 0.25) is 11.7 Å². The van der Waals surface area contributed by atoms with Gasteiger partial charge in [0.25, 0.3) is 5.91 Å². The Hall–Kier alpha value is -3.17. The van der Waals surface area contributed by atoms with Crippen LogP contribution in [0.4, 0.5) is 11.5 Å². The molecular weight excluding hydrogens is 549 g/mol. The van der Waals surface area contributed by atoms with Gasteiger partial charge in [-0.05, 0) is 68.8 Å². The fourth-order valence-electron chi connectivity index (χ4n) is 4.56. The molecule has 2 amide bonds. The predicted molar refractivity (Wildman–Crippen MR) is 153 cm³/mol. The number of amides is 2. The Kier molecular flexibility index (Phi) is 10.1. The summed E-state index contributed by atoms with van der Waals surface area (Å²) >= 11 is 5.89. The molecule has 0 bridgehead atoms. The van der Waals surface area contributed by atoms with Crippen molar-refractivity contribution in [3.63, 3.8) is 0 Å². The first-order valence-electron chi connectivity index (χ1n) is 11.9. The van der Waals surface area contributed by atoms with Gasteiger partial charge in [-0.25, -0.2) is 4.98 Å². The van der Waals surface area contributed by atoms with Crippen molar-refractivity contribution in [3.8, 4) is 0 Å². The first-order valence-corrected chi connectivity index (χ1v) is 12.3. The van der Waals surface area contributed by atoms with Crippen LogP contribution in [0.2, 0.25) is 5.02 Å². The molecule has 2 N–H and O–H groups in total. The lowest BCUT2D eigenvalue weighted by Crippen LogP contribution is -2.39. The third kappa shape index (κ3) is 6.45. The molecule has 4 heterocycles. The maximum Gasteiger partial charge on any atom is 0.294 e. The number of likely N-dealkylation sites (tertiary alicyclic amines) is 1. The van der Waals surface area contributed by atoms with Gasteiger partial charge in [-0.2, -0.15) is 0 Å². The van der Waals surface area contributed by atoms with Gasteiger partial charge in [0.1, 0.15) is 17.1 Å². The molecular formula is C27H28Cl3N5O3. The van der Waals surface area contributed by atoms with Gasteiger partial charge in [-0.1, -0.05) is 29.8 Å². The van der Waals surface area contributed by atoms with Crippen LogP contribution in [0.1, 0.15) is 41.9 Å². The van der Waals surface area contributed by atoms with Crippen molar-refractivity contribution in [2.45, 2.75) is 25.8 Å². The highest BCUT2D eigenvalue weighted by Gasteiger charge is 2.30. The Balaban J connectivity index is 0.00000200. The highest BCUT2D eigenvalue weighted by molar-refractivity contribution is 6.30. The molecule has 3 aromatic heterocycles. The SMILES string of the molecule is CC(c1cccnc1)N1CCC(C(=O)Nc2c(C(=O)Nc3ccc(Cl)cn3)oc3ccccc23)CC1.Cl.Cl. The van der Waals surface area contributed by atoms with E-state index in [9.17, 15) is 9.59 Å². The van der Waals surface area contributed by atoms with E-state index < -0.39 is 5.91 Å². The van der Waals surface area contributed by atoms with Gasteiger partial charge in [0.05, 0.1) is 5.02 Å². The zero-order valence-corrected chi connectivity index (χ0v) is 23.0. The summed E-state index contributed by atoms with van der Waals surface area (Å²) in [5, 5.41) is 6.83. The van der Waals surface area contributed by atoms with E-state index in [4.69, 9.17) is 16.0 Å². The minimum Gasteiger partial charge on any atom is -0.449 e. The maximum absolute atomic E-state index is 13.3. The standard InChI is InChI=1S/C27H26ClN5O3.2ClH/c1-17(19-5-4-12-29-15-19)33-13-10-18(11-14-33)26(34)32-24-21-6-2-3-7-22(21)36-25(24)27(35)31-23-9-8-20(28)16-30-23;;/h2-9,12,15-18H,10-11,13-14H2,1H3,(H,32,34)(H,30,31,35);2*1H. The summed E-state index contributed by atoms with van der Waals surface area (Å²) < 4.78 is 5.85. The summed E-state index contributed by atoms with van der Waals surface area (Å²) in [4.78, 5) is 37.0. The zero-order chi connectivity index (χ0) is 25.1. The van der Waals surface area contributed by atoms with E-state index in [-0.39, 0.29) is 48.4 Å². The minimum absolute atomic E-state index is 0. The van der Waals surface area contributed by atoms with Crippen molar-refractivity contribution >= 4 is 70.7 Å². The molecule has 1 saturated heterocycles. The molecule has 8 nitrogen and oxygen atoms in total. The molecule has 4 aromatic rings. The van der Waals surface area contributed by atoms with Gasteiger partial charge >= 0.3 is 0 Å². The molecule has 1 fully saturated rings. The number of piperidine rings is 1.